The number of ether oxygens (including phenoxy) is 1. The maximum absolute atomic E-state index is 14.1. The fourth-order valence-corrected chi connectivity index (χ4v) is 7.21. The molecule has 3 aliphatic heterocycles. The lowest BCUT2D eigenvalue weighted by molar-refractivity contribution is 0.0639. The van der Waals surface area contributed by atoms with Gasteiger partial charge in [0.05, 0.1) is 58.1 Å². The molecule has 1 atom stereocenters. The van der Waals surface area contributed by atoms with Gasteiger partial charge in [-0.05, 0) is 81.2 Å². The van der Waals surface area contributed by atoms with E-state index in [1.54, 1.807) is 18.3 Å². The largest absolute Gasteiger partial charge is 0.441 e. The van der Waals surface area contributed by atoms with Gasteiger partial charge in [0.2, 0.25) is 5.89 Å². The number of nitriles is 1. The first-order valence-electron chi connectivity index (χ1n) is 15.9. The third kappa shape index (κ3) is 4.81. The van der Waals surface area contributed by atoms with Gasteiger partial charge in [0.25, 0.3) is 5.91 Å². The SMILES string of the molecule is Cc1cnc(-c2c(CCC3CCOCC3)nc3c(c2-c2ccc4c(c2)oc(=O)n4Cc2ccc(C#N)cn2)C(=O)N2CCC[C@H]32)o1. The van der Waals surface area contributed by atoms with Gasteiger partial charge in [-0.1, -0.05) is 6.07 Å². The second-order valence-corrected chi connectivity index (χ2v) is 12.4. The molecule has 8 rings (SSSR count). The van der Waals surface area contributed by atoms with Crippen LogP contribution in [-0.4, -0.2) is 50.1 Å². The molecule has 11 heteroatoms. The van der Waals surface area contributed by atoms with Crippen molar-refractivity contribution in [3.05, 3.63) is 87.2 Å². The molecule has 232 valence electrons. The zero-order chi connectivity index (χ0) is 31.4. The third-order valence-corrected chi connectivity index (χ3v) is 9.54. The number of fused-ring (bicyclic) bond motifs is 4. The summed E-state index contributed by atoms with van der Waals surface area (Å²) in [5.41, 5.74) is 6.51. The predicted octanol–water partition coefficient (Wildman–Crippen LogP) is 5.58. The summed E-state index contributed by atoms with van der Waals surface area (Å²) >= 11 is 0. The summed E-state index contributed by atoms with van der Waals surface area (Å²) in [6.45, 7) is 4.29. The van der Waals surface area contributed by atoms with Gasteiger partial charge in [-0.3, -0.25) is 19.3 Å². The van der Waals surface area contributed by atoms with E-state index in [2.05, 4.69) is 16.0 Å². The summed E-state index contributed by atoms with van der Waals surface area (Å²) in [6.07, 6.45) is 8.70. The molecule has 46 heavy (non-hydrogen) atoms. The Hall–Kier alpha value is -5.08. The second kappa shape index (κ2) is 11.4. The molecule has 0 radical (unpaired) electrons. The number of pyridine rings is 2. The number of aryl methyl sites for hydroxylation is 2. The molecule has 0 N–H and O–H groups in total. The minimum absolute atomic E-state index is 0.0356. The van der Waals surface area contributed by atoms with E-state index in [0.717, 1.165) is 73.4 Å². The van der Waals surface area contributed by atoms with Crippen molar-refractivity contribution in [1.82, 2.24) is 24.4 Å². The van der Waals surface area contributed by atoms with Crippen molar-refractivity contribution < 1.29 is 18.4 Å². The third-order valence-electron chi connectivity index (χ3n) is 9.54. The number of hydrogen-bond donors (Lipinski definition) is 0. The van der Waals surface area contributed by atoms with Crippen LogP contribution in [0.3, 0.4) is 0 Å². The number of aromatic nitrogens is 4. The van der Waals surface area contributed by atoms with Crippen LogP contribution in [0, 0.1) is 24.2 Å². The Morgan fingerprint density at radius 1 is 1.00 bits per heavy atom. The molecule has 2 fully saturated rings. The quantitative estimate of drug-likeness (QED) is 0.229. The normalized spacial score (nSPS) is 17.9. The van der Waals surface area contributed by atoms with Crippen LogP contribution in [0.15, 0.2) is 56.4 Å². The van der Waals surface area contributed by atoms with Crippen molar-refractivity contribution in [3.63, 3.8) is 0 Å². The first-order chi connectivity index (χ1) is 22.5. The van der Waals surface area contributed by atoms with Crippen molar-refractivity contribution in [1.29, 1.82) is 5.26 Å². The Bertz CT molecular complexity index is 2080. The molecule has 7 heterocycles. The van der Waals surface area contributed by atoms with Gasteiger partial charge < -0.3 is 18.5 Å². The number of rotatable bonds is 7. The van der Waals surface area contributed by atoms with E-state index in [1.165, 1.54) is 10.8 Å². The Labute approximate surface area is 264 Å². The van der Waals surface area contributed by atoms with Crippen LogP contribution in [0.1, 0.15) is 76.9 Å². The summed E-state index contributed by atoms with van der Waals surface area (Å²) in [7, 11) is 0. The summed E-state index contributed by atoms with van der Waals surface area (Å²) in [5, 5.41) is 9.11. The van der Waals surface area contributed by atoms with Crippen molar-refractivity contribution in [3.8, 4) is 28.7 Å². The molecule has 0 unspecified atom stereocenters. The van der Waals surface area contributed by atoms with Gasteiger partial charge in [0, 0.05) is 31.5 Å². The summed E-state index contributed by atoms with van der Waals surface area (Å²) in [6, 6.07) is 11.0. The number of amides is 1. The van der Waals surface area contributed by atoms with E-state index in [1.807, 2.05) is 30.0 Å². The molecule has 0 aliphatic carbocycles. The molecule has 4 aromatic heterocycles. The number of carbonyl (C=O) groups excluding carboxylic acids is 1. The van der Waals surface area contributed by atoms with Crippen molar-refractivity contribution >= 4 is 17.0 Å². The first-order valence-corrected chi connectivity index (χ1v) is 15.9. The Morgan fingerprint density at radius 3 is 2.63 bits per heavy atom. The fraction of sp³-hybridized carbons (Fsp3) is 0.371. The van der Waals surface area contributed by atoms with E-state index in [0.29, 0.717) is 58.5 Å². The van der Waals surface area contributed by atoms with Gasteiger partial charge in [-0.2, -0.15) is 5.26 Å². The average molecular weight is 617 g/mol. The van der Waals surface area contributed by atoms with Crippen LogP contribution in [0.5, 0.6) is 0 Å². The van der Waals surface area contributed by atoms with Crippen molar-refractivity contribution in [2.24, 2.45) is 5.92 Å². The number of benzene rings is 1. The molecule has 0 saturated carbocycles. The minimum atomic E-state index is -0.518. The molecular formula is C35H32N6O5. The van der Waals surface area contributed by atoms with Gasteiger partial charge in [0.15, 0.2) is 5.58 Å². The maximum atomic E-state index is 14.1. The van der Waals surface area contributed by atoms with Gasteiger partial charge >= 0.3 is 5.76 Å². The van der Waals surface area contributed by atoms with E-state index in [-0.39, 0.29) is 18.5 Å². The number of nitrogens with zero attached hydrogens (tertiary/aromatic N) is 6. The van der Waals surface area contributed by atoms with Gasteiger partial charge in [-0.25, -0.2) is 9.78 Å². The van der Waals surface area contributed by atoms with Crippen LogP contribution >= 0.6 is 0 Å². The summed E-state index contributed by atoms with van der Waals surface area (Å²) in [5.74, 6) is 1.07. The number of hydrogen-bond acceptors (Lipinski definition) is 9. The van der Waals surface area contributed by atoms with E-state index < -0.39 is 5.76 Å². The van der Waals surface area contributed by atoms with Crippen LogP contribution in [0.25, 0.3) is 33.7 Å². The lowest BCUT2D eigenvalue weighted by atomic mass is 9.88. The highest BCUT2D eigenvalue weighted by molar-refractivity contribution is 6.08. The molecule has 0 spiro atoms. The van der Waals surface area contributed by atoms with Gasteiger partial charge in [-0.15, -0.1) is 0 Å². The molecule has 1 amide bonds. The smallest absolute Gasteiger partial charge is 0.420 e. The van der Waals surface area contributed by atoms with Crippen molar-refractivity contribution in [2.45, 2.75) is 58.0 Å². The average Bonchev–Trinajstić information content (AvgIpc) is 3.86. The molecule has 11 nitrogen and oxygen atoms in total. The highest BCUT2D eigenvalue weighted by atomic mass is 16.5. The van der Waals surface area contributed by atoms with Crippen LogP contribution in [-0.2, 0) is 17.7 Å². The zero-order valence-corrected chi connectivity index (χ0v) is 25.5. The number of oxazole rings is 2. The van der Waals surface area contributed by atoms with Crippen molar-refractivity contribution in [2.75, 3.05) is 19.8 Å². The van der Waals surface area contributed by atoms with Crippen LogP contribution in [0.2, 0.25) is 0 Å². The lowest BCUT2D eigenvalue weighted by Gasteiger charge is -2.23. The molecule has 1 aromatic carbocycles. The van der Waals surface area contributed by atoms with E-state index >= 15 is 0 Å². The fourth-order valence-electron chi connectivity index (χ4n) is 7.21. The zero-order valence-electron chi connectivity index (χ0n) is 25.5. The monoisotopic (exact) mass is 616 g/mol. The summed E-state index contributed by atoms with van der Waals surface area (Å²) in [4.78, 5) is 43.3. The Balaban J connectivity index is 1.28. The standard InChI is InChI=1S/C35H32N6O5/c1-20-17-38-33(45-20)30-25(8-5-21-10-13-44-14-11-21)39-32-27-3-2-12-40(27)34(42)31(32)29(30)23-6-9-26-28(15-23)46-35(43)41(26)19-24-7-4-22(16-36)18-37-24/h4,6-7,9,15,17-18,21,27H,2-3,5,8,10-14,19H2,1H3/t27-/m1/s1. The predicted molar refractivity (Wildman–Crippen MR) is 167 cm³/mol. The molecule has 5 aromatic rings. The minimum Gasteiger partial charge on any atom is -0.441 e. The van der Waals surface area contributed by atoms with E-state index in [4.69, 9.17) is 23.8 Å². The maximum Gasteiger partial charge on any atom is 0.420 e. The lowest BCUT2D eigenvalue weighted by Crippen LogP contribution is -2.23. The summed E-state index contributed by atoms with van der Waals surface area (Å²) < 4.78 is 19.0. The Morgan fingerprint density at radius 2 is 1.87 bits per heavy atom. The molecule has 0 bridgehead atoms. The Kier molecular flexibility index (Phi) is 7.02. The first kappa shape index (κ1) is 28.4. The van der Waals surface area contributed by atoms with E-state index in [9.17, 15) is 9.59 Å². The van der Waals surface area contributed by atoms with Crippen LogP contribution < -0.4 is 5.76 Å². The molecular weight excluding hydrogens is 584 g/mol. The van der Waals surface area contributed by atoms with Crippen LogP contribution in [0.4, 0.5) is 0 Å². The highest BCUT2D eigenvalue weighted by Crippen LogP contribution is 2.48. The van der Waals surface area contributed by atoms with Gasteiger partial charge in [0.1, 0.15) is 11.8 Å². The number of carbonyl (C=O) groups is 1. The molecule has 3 aliphatic rings. The second-order valence-electron chi connectivity index (χ2n) is 12.4. The highest BCUT2D eigenvalue weighted by Gasteiger charge is 2.44. The molecule has 2 saturated heterocycles. The topological polar surface area (TPSA) is 140 Å².